The molecule has 5 heterocycles. The highest BCUT2D eigenvalue weighted by molar-refractivity contribution is 5.96. The number of ether oxygens (including phenoxy) is 2. The summed E-state index contributed by atoms with van der Waals surface area (Å²) in [5, 5.41) is 3.31. The number of hydrogen-bond donors (Lipinski definition) is 2. The first kappa shape index (κ1) is 29.0. The number of nitrogens with zero attached hydrogens (tertiary/aromatic N) is 6. The van der Waals surface area contributed by atoms with Gasteiger partial charge in [0.2, 0.25) is 5.95 Å². The van der Waals surface area contributed by atoms with E-state index in [1.54, 1.807) is 7.11 Å². The number of aryl methyl sites for hydroxylation is 1. The fourth-order valence-corrected chi connectivity index (χ4v) is 6.74. The highest BCUT2D eigenvalue weighted by atomic mass is 16.5. The molecule has 3 aliphatic rings. The average Bonchev–Trinajstić information content (AvgIpc) is 3.57. The summed E-state index contributed by atoms with van der Waals surface area (Å²) in [6.45, 7) is 14.7. The van der Waals surface area contributed by atoms with Crippen LogP contribution < -0.4 is 25.6 Å². The summed E-state index contributed by atoms with van der Waals surface area (Å²) in [7, 11) is 3.83. The van der Waals surface area contributed by atoms with Gasteiger partial charge in [0.05, 0.1) is 41.7 Å². The van der Waals surface area contributed by atoms with Crippen LogP contribution in [0.15, 0.2) is 30.5 Å². The van der Waals surface area contributed by atoms with Gasteiger partial charge in [0.25, 0.3) is 0 Å². The van der Waals surface area contributed by atoms with Crippen LogP contribution in [0.2, 0.25) is 0 Å². The monoisotopic (exact) mass is 586 g/mol. The van der Waals surface area contributed by atoms with E-state index in [4.69, 9.17) is 25.2 Å². The van der Waals surface area contributed by atoms with Gasteiger partial charge in [-0.15, -0.1) is 0 Å². The highest BCUT2D eigenvalue weighted by Gasteiger charge is 2.41. The number of nitrogen functional groups attached to an aromatic ring is 1. The van der Waals surface area contributed by atoms with Gasteiger partial charge >= 0.3 is 5.97 Å². The van der Waals surface area contributed by atoms with Crippen molar-refractivity contribution in [3.8, 4) is 5.75 Å². The molecule has 0 bridgehead atoms. The van der Waals surface area contributed by atoms with E-state index in [-0.39, 0.29) is 17.1 Å². The maximum Gasteiger partial charge on any atom is 0.343 e. The number of pyridine rings is 1. The minimum absolute atomic E-state index is 0.254. The lowest BCUT2D eigenvalue weighted by atomic mass is 9.91. The number of anilines is 6. The smallest absolute Gasteiger partial charge is 0.343 e. The van der Waals surface area contributed by atoms with Gasteiger partial charge in [-0.05, 0) is 57.9 Å². The average molecular weight is 587 g/mol. The van der Waals surface area contributed by atoms with E-state index in [1.165, 1.54) is 6.20 Å². The Morgan fingerprint density at radius 3 is 2.49 bits per heavy atom. The SMILES string of the molecule is COc1cc(N2C[C@H]3CN(C)C[C@H]3C2)c(N)cc1Nc1ncc(C(=O)OC(C)C)c(N2CC(C)(C)c3nc(C)ccc32)n1. The Morgan fingerprint density at radius 2 is 1.81 bits per heavy atom. The number of aromatic nitrogens is 3. The Balaban J connectivity index is 1.34. The number of likely N-dealkylation sites (tertiary alicyclic amines) is 1. The van der Waals surface area contributed by atoms with Gasteiger partial charge in [-0.3, -0.25) is 4.98 Å². The van der Waals surface area contributed by atoms with Crippen molar-refractivity contribution in [2.75, 3.05) is 67.7 Å². The van der Waals surface area contributed by atoms with Gasteiger partial charge < -0.3 is 35.2 Å². The molecule has 2 fully saturated rings. The number of nitrogens with one attached hydrogen (secondary N) is 1. The van der Waals surface area contributed by atoms with Crippen molar-refractivity contribution in [1.29, 1.82) is 0 Å². The Labute approximate surface area is 253 Å². The molecule has 228 valence electrons. The molecule has 0 spiro atoms. The molecule has 0 saturated carbocycles. The first-order chi connectivity index (χ1) is 20.4. The number of esters is 1. The predicted molar refractivity (Wildman–Crippen MR) is 169 cm³/mol. The van der Waals surface area contributed by atoms with Crippen LogP contribution in [0, 0.1) is 18.8 Å². The largest absolute Gasteiger partial charge is 0.494 e. The van der Waals surface area contributed by atoms with Crippen molar-refractivity contribution >= 4 is 40.5 Å². The molecule has 3 N–H and O–H groups in total. The minimum Gasteiger partial charge on any atom is -0.494 e. The third-order valence-electron chi connectivity index (χ3n) is 8.69. The summed E-state index contributed by atoms with van der Waals surface area (Å²) in [6, 6.07) is 7.87. The molecule has 6 rings (SSSR count). The molecule has 43 heavy (non-hydrogen) atoms. The van der Waals surface area contributed by atoms with Gasteiger partial charge in [-0.25, -0.2) is 9.78 Å². The van der Waals surface area contributed by atoms with Crippen LogP contribution in [-0.4, -0.2) is 78.8 Å². The topological polar surface area (TPSA) is 122 Å². The third kappa shape index (κ3) is 5.42. The molecule has 0 radical (unpaired) electrons. The summed E-state index contributed by atoms with van der Waals surface area (Å²) in [5.74, 6) is 2.24. The van der Waals surface area contributed by atoms with Crippen LogP contribution in [0.5, 0.6) is 5.75 Å². The van der Waals surface area contributed by atoms with E-state index >= 15 is 0 Å². The van der Waals surface area contributed by atoms with Crippen LogP contribution in [0.3, 0.4) is 0 Å². The maximum atomic E-state index is 13.2. The number of methoxy groups -OCH3 is 1. The van der Waals surface area contributed by atoms with Crippen molar-refractivity contribution in [3.05, 3.63) is 47.4 Å². The number of carbonyl (C=O) groups excluding carboxylic acids is 1. The second-order valence-electron chi connectivity index (χ2n) is 13.1. The van der Waals surface area contributed by atoms with Crippen molar-refractivity contribution < 1.29 is 14.3 Å². The lowest BCUT2D eigenvalue weighted by Gasteiger charge is -2.25. The zero-order valence-electron chi connectivity index (χ0n) is 26.1. The Bertz CT molecular complexity index is 1540. The van der Waals surface area contributed by atoms with Crippen LogP contribution in [0.4, 0.5) is 34.5 Å². The second-order valence-corrected chi connectivity index (χ2v) is 13.1. The number of rotatable bonds is 7. The molecule has 2 atom stereocenters. The summed E-state index contributed by atoms with van der Waals surface area (Å²) >= 11 is 0. The summed E-state index contributed by atoms with van der Waals surface area (Å²) in [5.41, 5.74) is 11.8. The molecule has 2 aromatic heterocycles. The van der Waals surface area contributed by atoms with E-state index in [1.807, 2.05) is 49.9 Å². The number of hydrogen-bond acceptors (Lipinski definition) is 11. The standard InChI is InChI=1S/C32H42N8O3/c1-18(2)43-30(41)22-12-34-31(37-29(22)40-17-32(4,5)28-25(40)9-8-19(3)35-28)36-24-10-23(33)26(11-27(24)42-7)39-15-20-13-38(6)14-21(20)16-39/h8-12,18,20-21H,13-17,33H2,1-7H3,(H,34,36,37)/t20-,21+. The molecule has 11 nitrogen and oxygen atoms in total. The van der Waals surface area contributed by atoms with Gasteiger partial charge in [0.15, 0.2) is 5.82 Å². The number of benzene rings is 1. The zero-order valence-corrected chi connectivity index (χ0v) is 26.1. The molecular formula is C32H42N8O3. The molecule has 2 saturated heterocycles. The second kappa shape index (κ2) is 10.9. The molecule has 1 aromatic carbocycles. The zero-order chi connectivity index (χ0) is 30.6. The fourth-order valence-electron chi connectivity index (χ4n) is 6.74. The lowest BCUT2D eigenvalue weighted by molar-refractivity contribution is 0.0378. The van der Waals surface area contributed by atoms with E-state index < -0.39 is 5.97 Å². The van der Waals surface area contributed by atoms with Crippen LogP contribution in [0.25, 0.3) is 0 Å². The van der Waals surface area contributed by atoms with Gasteiger partial charge in [0, 0.05) is 56.1 Å². The quantitative estimate of drug-likeness (QED) is 0.300. The van der Waals surface area contributed by atoms with E-state index in [2.05, 4.69) is 41.0 Å². The molecule has 3 aliphatic heterocycles. The van der Waals surface area contributed by atoms with Gasteiger partial charge in [-0.2, -0.15) is 4.98 Å². The van der Waals surface area contributed by atoms with Crippen molar-refractivity contribution in [2.45, 2.75) is 46.1 Å². The Morgan fingerprint density at radius 1 is 1.09 bits per heavy atom. The third-order valence-corrected chi connectivity index (χ3v) is 8.69. The normalized spacial score (nSPS) is 20.8. The van der Waals surface area contributed by atoms with E-state index in [9.17, 15) is 4.79 Å². The van der Waals surface area contributed by atoms with Gasteiger partial charge in [0.1, 0.15) is 11.3 Å². The predicted octanol–water partition coefficient (Wildman–Crippen LogP) is 4.51. The molecule has 11 heteroatoms. The van der Waals surface area contributed by atoms with Crippen molar-refractivity contribution in [2.24, 2.45) is 11.8 Å². The summed E-state index contributed by atoms with van der Waals surface area (Å²) in [6.07, 6.45) is 1.23. The minimum atomic E-state index is -0.476. The Hall–Kier alpha value is -4.12. The van der Waals surface area contributed by atoms with E-state index in [0.717, 1.165) is 48.9 Å². The molecule has 3 aromatic rings. The maximum absolute atomic E-state index is 13.2. The summed E-state index contributed by atoms with van der Waals surface area (Å²) < 4.78 is 11.4. The molecule has 0 unspecified atom stereocenters. The first-order valence-corrected chi connectivity index (χ1v) is 14.9. The number of carbonyl (C=O) groups is 1. The molecular weight excluding hydrogens is 544 g/mol. The molecule has 0 aliphatic carbocycles. The van der Waals surface area contributed by atoms with Gasteiger partial charge in [-0.1, -0.05) is 13.8 Å². The summed E-state index contributed by atoms with van der Waals surface area (Å²) in [4.78, 5) is 34.3. The highest BCUT2D eigenvalue weighted by Crippen LogP contribution is 2.45. The van der Waals surface area contributed by atoms with Crippen LogP contribution in [-0.2, 0) is 10.2 Å². The Kier molecular flexibility index (Phi) is 7.32. The molecule has 0 amide bonds. The van der Waals surface area contributed by atoms with Crippen molar-refractivity contribution in [1.82, 2.24) is 19.9 Å². The lowest BCUT2D eigenvalue weighted by Crippen LogP contribution is -2.28. The fraction of sp³-hybridized carbons (Fsp3) is 0.500. The first-order valence-electron chi connectivity index (χ1n) is 14.9. The van der Waals surface area contributed by atoms with Crippen LogP contribution in [0.1, 0.15) is 49.4 Å². The van der Waals surface area contributed by atoms with Crippen LogP contribution >= 0.6 is 0 Å². The van der Waals surface area contributed by atoms with Crippen molar-refractivity contribution in [3.63, 3.8) is 0 Å². The van der Waals surface area contributed by atoms with E-state index in [0.29, 0.717) is 47.3 Å². The number of fused-ring (bicyclic) bond motifs is 2. The number of nitrogens with two attached hydrogens (primary N) is 1.